The van der Waals surface area contributed by atoms with E-state index in [-0.39, 0.29) is 11.9 Å². The SMILES string of the molecule is CCCC(c1ccccc1OC)C(C)(C)C(=O)OCC. The fourth-order valence-electron chi connectivity index (χ4n) is 2.61. The predicted octanol–water partition coefficient (Wildman–Crippen LogP) is 4.17. The minimum atomic E-state index is -0.569. The smallest absolute Gasteiger partial charge is 0.312 e. The van der Waals surface area contributed by atoms with Crippen molar-refractivity contribution in [2.24, 2.45) is 5.41 Å². The van der Waals surface area contributed by atoms with E-state index in [2.05, 4.69) is 6.92 Å². The zero-order valence-electron chi connectivity index (χ0n) is 13.2. The van der Waals surface area contributed by atoms with Crippen molar-refractivity contribution in [1.82, 2.24) is 0 Å². The maximum Gasteiger partial charge on any atom is 0.312 e. The van der Waals surface area contributed by atoms with Gasteiger partial charge in [-0.2, -0.15) is 0 Å². The molecule has 0 bridgehead atoms. The van der Waals surface area contributed by atoms with Crippen molar-refractivity contribution in [3.63, 3.8) is 0 Å². The van der Waals surface area contributed by atoms with E-state index in [1.807, 2.05) is 45.0 Å². The molecule has 0 radical (unpaired) electrons. The second-order valence-corrected chi connectivity index (χ2v) is 5.53. The first kappa shape index (κ1) is 16.5. The molecule has 3 nitrogen and oxygen atoms in total. The van der Waals surface area contributed by atoms with Crippen molar-refractivity contribution in [2.45, 2.75) is 46.5 Å². The highest BCUT2D eigenvalue weighted by molar-refractivity contribution is 5.77. The molecular weight excluding hydrogens is 252 g/mol. The van der Waals surface area contributed by atoms with E-state index in [0.29, 0.717) is 6.61 Å². The molecule has 0 aliphatic heterocycles. The standard InChI is InChI=1S/C17H26O3/c1-6-10-14(17(3,4)16(18)20-7-2)13-11-8-9-12-15(13)19-5/h8-9,11-12,14H,6-7,10H2,1-5H3. The Kier molecular flexibility index (Phi) is 6.05. The maximum atomic E-state index is 12.3. The van der Waals surface area contributed by atoms with E-state index in [1.165, 1.54) is 0 Å². The molecule has 1 aromatic carbocycles. The molecule has 0 saturated carbocycles. The van der Waals surface area contributed by atoms with Gasteiger partial charge in [-0.3, -0.25) is 4.79 Å². The summed E-state index contributed by atoms with van der Waals surface area (Å²) < 4.78 is 10.7. The van der Waals surface area contributed by atoms with E-state index in [9.17, 15) is 4.79 Å². The number of hydrogen-bond donors (Lipinski definition) is 0. The van der Waals surface area contributed by atoms with Crippen LogP contribution in [0.5, 0.6) is 5.75 Å². The Labute approximate surface area is 122 Å². The highest BCUT2D eigenvalue weighted by Crippen LogP contribution is 2.43. The minimum Gasteiger partial charge on any atom is -0.496 e. The van der Waals surface area contributed by atoms with Crippen LogP contribution in [-0.4, -0.2) is 19.7 Å². The van der Waals surface area contributed by atoms with Crippen molar-refractivity contribution in [1.29, 1.82) is 0 Å². The first-order valence-electron chi connectivity index (χ1n) is 7.29. The summed E-state index contributed by atoms with van der Waals surface area (Å²) in [5.41, 5.74) is 0.510. The van der Waals surface area contributed by atoms with Crippen LogP contribution in [0.15, 0.2) is 24.3 Å². The van der Waals surface area contributed by atoms with Crippen molar-refractivity contribution in [3.05, 3.63) is 29.8 Å². The predicted molar refractivity (Wildman–Crippen MR) is 81.1 cm³/mol. The highest BCUT2D eigenvalue weighted by Gasteiger charge is 2.39. The van der Waals surface area contributed by atoms with Gasteiger partial charge in [0.05, 0.1) is 19.1 Å². The van der Waals surface area contributed by atoms with Crippen LogP contribution >= 0.6 is 0 Å². The van der Waals surface area contributed by atoms with Gasteiger partial charge >= 0.3 is 5.97 Å². The van der Waals surface area contributed by atoms with Crippen molar-refractivity contribution in [3.8, 4) is 5.75 Å². The lowest BCUT2D eigenvalue weighted by atomic mass is 9.72. The van der Waals surface area contributed by atoms with Crippen molar-refractivity contribution in [2.75, 3.05) is 13.7 Å². The molecule has 0 N–H and O–H groups in total. The third-order valence-electron chi connectivity index (χ3n) is 3.76. The van der Waals surface area contributed by atoms with Crippen LogP contribution in [0.3, 0.4) is 0 Å². The van der Waals surface area contributed by atoms with Gasteiger partial charge < -0.3 is 9.47 Å². The molecule has 1 aromatic rings. The van der Waals surface area contributed by atoms with Crippen molar-refractivity contribution >= 4 is 5.97 Å². The number of benzene rings is 1. The van der Waals surface area contributed by atoms with E-state index in [1.54, 1.807) is 7.11 Å². The Hall–Kier alpha value is -1.51. The van der Waals surface area contributed by atoms with E-state index < -0.39 is 5.41 Å². The third-order valence-corrected chi connectivity index (χ3v) is 3.76. The molecule has 20 heavy (non-hydrogen) atoms. The van der Waals surface area contributed by atoms with Crippen LogP contribution in [0, 0.1) is 5.41 Å². The number of carbonyl (C=O) groups excluding carboxylic acids is 1. The number of rotatable bonds is 7. The van der Waals surface area contributed by atoms with Crippen LogP contribution in [0.1, 0.15) is 52.0 Å². The highest BCUT2D eigenvalue weighted by atomic mass is 16.5. The second-order valence-electron chi connectivity index (χ2n) is 5.53. The summed E-state index contributed by atoms with van der Waals surface area (Å²) in [4.78, 5) is 12.3. The lowest BCUT2D eigenvalue weighted by Gasteiger charge is -2.33. The fraction of sp³-hybridized carbons (Fsp3) is 0.588. The molecule has 0 fully saturated rings. The average molecular weight is 278 g/mol. The first-order chi connectivity index (χ1) is 9.48. The summed E-state index contributed by atoms with van der Waals surface area (Å²) in [5, 5.41) is 0. The number of methoxy groups -OCH3 is 1. The normalized spacial score (nSPS) is 12.8. The molecule has 0 aromatic heterocycles. The van der Waals surface area contributed by atoms with Gasteiger partial charge in [-0.05, 0) is 38.8 Å². The molecule has 112 valence electrons. The maximum absolute atomic E-state index is 12.3. The van der Waals surface area contributed by atoms with E-state index >= 15 is 0 Å². The zero-order valence-corrected chi connectivity index (χ0v) is 13.2. The summed E-state index contributed by atoms with van der Waals surface area (Å²) >= 11 is 0. The Morgan fingerprint density at radius 1 is 1.25 bits per heavy atom. The van der Waals surface area contributed by atoms with Gasteiger partial charge in [0.15, 0.2) is 0 Å². The lowest BCUT2D eigenvalue weighted by molar-refractivity contribution is -0.155. The van der Waals surface area contributed by atoms with Gasteiger partial charge in [-0.25, -0.2) is 0 Å². The Morgan fingerprint density at radius 2 is 1.90 bits per heavy atom. The lowest BCUT2D eigenvalue weighted by Crippen LogP contribution is -2.33. The Balaban J connectivity index is 3.19. The Morgan fingerprint density at radius 3 is 2.45 bits per heavy atom. The number of esters is 1. The van der Waals surface area contributed by atoms with Gasteiger partial charge in [0.25, 0.3) is 0 Å². The summed E-state index contributed by atoms with van der Waals surface area (Å²) in [6.07, 6.45) is 1.93. The number of hydrogen-bond acceptors (Lipinski definition) is 3. The Bertz CT molecular complexity index is 438. The summed E-state index contributed by atoms with van der Waals surface area (Å²) in [6, 6.07) is 7.92. The molecule has 0 spiro atoms. The van der Waals surface area contributed by atoms with Gasteiger partial charge in [0, 0.05) is 5.92 Å². The molecular formula is C17H26O3. The van der Waals surface area contributed by atoms with Gasteiger partial charge in [0.1, 0.15) is 5.75 Å². The summed E-state index contributed by atoms with van der Waals surface area (Å²) in [5.74, 6) is 0.773. The number of para-hydroxylation sites is 1. The minimum absolute atomic E-state index is 0.0858. The molecule has 0 heterocycles. The third kappa shape index (κ3) is 3.53. The van der Waals surface area contributed by atoms with Crippen LogP contribution in [0.25, 0.3) is 0 Å². The summed E-state index contributed by atoms with van der Waals surface area (Å²) in [7, 11) is 1.67. The van der Waals surface area contributed by atoms with Crippen LogP contribution in [0.4, 0.5) is 0 Å². The van der Waals surface area contributed by atoms with Crippen LogP contribution in [0.2, 0.25) is 0 Å². The van der Waals surface area contributed by atoms with Crippen molar-refractivity contribution < 1.29 is 14.3 Å². The largest absolute Gasteiger partial charge is 0.496 e. The molecule has 0 aliphatic carbocycles. The molecule has 3 heteroatoms. The van der Waals surface area contributed by atoms with E-state index in [4.69, 9.17) is 9.47 Å². The van der Waals surface area contributed by atoms with Gasteiger partial charge in [-0.15, -0.1) is 0 Å². The quantitative estimate of drug-likeness (QED) is 0.702. The fourth-order valence-corrected chi connectivity index (χ4v) is 2.61. The van der Waals surface area contributed by atoms with Gasteiger partial charge in [0.2, 0.25) is 0 Å². The molecule has 0 saturated heterocycles. The van der Waals surface area contributed by atoms with Crippen LogP contribution < -0.4 is 4.74 Å². The topological polar surface area (TPSA) is 35.5 Å². The average Bonchev–Trinajstić information content (AvgIpc) is 2.44. The number of ether oxygens (including phenoxy) is 2. The zero-order chi connectivity index (χ0) is 15.2. The van der Waals surface area contributed by atoms with Crippen LogP contribution in [-0.2, 0) is 9.53 Å². The molecule has 1 rings (SSSR count). The number of carbonyl (C=O) groups is 1. The monoisotopic (exact) mass is 278 g/mol. The van der Waals surface area contributed by atoms with E-state index in [0.717, 1.165) is 24.2 Å². The second kappa shape index (κ2) is 7.32. The molecule has 1 unspecified atom stereocenters. The van der Waals surface area contributed by atoms with Gasteiger partial charge in [-0.1, -0.05) is 31.5 Å². The first-order valence-corrected chi connectivity index (χ1v) is 7.29. The summed E-state index contributed by atoms with van der Waals surface area (Å²) in [6.45, 7) is 8.29. The molecule has 0 amide bonds. The molecule has 0 aliphatic rings. The molecule has 1 atom stereocenters.